The van der Waals surface area contributed by atoms with E-state index in [9.17, 15) is 14.4 Å². The molecular weight excluding hydrogens is 416 g/mol. The SMILES string of the molecule is O=C(Nc1ccc(N2CCN(C(=O)C3CC3)CC2)c(C(=O)N2CCCCC2)c1)C1CCCC1. The number of rotatable bonds is 5. The number of likely N-dealkylation sites (tertiary alicyclic amines) is 1. The summed E-state index contributed by atoms with van der Waals surface area (Å²) in [5.41, 5.74) is 2.30. The average molecular weight is 453 g/mol. The molecule has 0 aromatic heterocycles. The van der Waals surface area contributed by atoms with Crippen LogP contribution >= 0.6 is 0 Å². The summed E-state index contributed by atoms with van der Waals surface area (Å²) < 4.78 is 0. The molecule has 4 fully saturated rings. The lowest BCUT2D eigenvalue weighted by atomic mass is 10.0. The highest BCUT2D eigenvalue weighted by molar-refractivity contribution is 6.02. The van der Waals surface area contributed by atoms with Crippen LogP contribution in [0.5, 0.6) is 0 Å². The van der Waals surface area contributed by atoms with Crippen molar-refractivity contribution in [2.75, 3.05) is 49.5 Å². The normalized spacial score (nSPS) is 21.9. The molecule has 7 heteroatoms. The Kier molecular flexibility index (Phi) is 6.56. The number of amides is 3. The Bertz CT molecular complexity index is 893. The molecule has 4 aliphatic rings. The zero-order valence-electron chi connectivity index (χ0n) is 19.6. The molecule has 5 rings (SSSR count). The van der Waals surface area contributed by atoms with Crippen molar-refractivity contribution in [1.82, 2.24) is 9.80 Å². The number of piperazine rings is 1. The molecular formula is C26H36N4O3. The summed E-state index contributed by atoms with van der Waals surface area (Å²) in [6.45, 7) is 4.44. The number of piperidine rings is 1. The predicted molar refractivity (Wildman–Crippen MR) is 128 cm³/mol. The van der Waals surface area contributed by atoms with Crippen molar-refractivity contribution in [3.63, 3.8) is 0 Å². The summed E-state index contributed by atoms with van der Waals surface area (Å²) in [4.78, 5) is 44.9. The first-order valence-corrected chi connectivity index (χ1v) is 12.9. The van der Waals surface area contributed by atoms with E-state index in [-0.39, 0.29) is 23.7 Å². The van der Waals surface area contributed by atoms with Crippen molar-refractivity contribution in [3.05, 3.63) is 23.8 Å². The predicted octanol–water partition coefficient (Wildman–Crippen LogP) is 3.50. The Hall–Kier alpha value is -2.57. The Morgan fingerprint density at radius 1 is 0.727 bits per heavy atom. The van der Waals surface area contributed by atoms with Crippen LogP contribution in [0.1, 0.15) is 68.1 Å². The first-order valence-electron chi connectivity index (χ1n) is 12.9. The summed E-state index contributed by atoms with van der Waals surface area (Å²) in [6.07, 6.45) is 9.45. The van der Waals surface area contributed by atoms with E-state index in [4.69, 9.17) is 0 Å². The number of nitrogens with zero attached hydrogens (tertiary/aromatic N) is 3. The molecule has 0 spiro atoms. The largest absolute Gasteiger partial charge is 0.367 e. The van der Waals surface area contributed by atoms with Crippen LogP contribution in [0.25, 0.3) is 0 Å². The molecule has 33 heavy (non-hydrogen) atoms. The van der Waals surface area contributed by atoms with E-state index >= 15 is 0 Å². The number of hydrogen-bond acceptors (Lipinski definition) is 4. The van der Waals surface area contributed by atoms with E-state index in [0.29, 0.717) is 30.2 Å². The molecule has 0 bridgehead atoms. The minimum absolute atomic E-state index is 0.0538. The van der Waals surface area contributed by atoms with Gasteiger partial charge >= 0.3 is 0 Å². The summed E-state index contributed by atoms with van der Waals surface area (Å²) >= 11 is 0. The van der Waals surface area contributed by atoms with Crippen LogP contribution < -0.4 is 10.2 Å². The van der Waals surface area contributed by atoms with E-state index in [1.54, 1.807) is 0 Å². The van der Waals surface area contributed by atoms with E-state index in [1.165, 1.54) is 6.42 Å². The highest BCUT2D eigenvalue weighted by Crippen LogP contribution is 2.33. The molecule has 0 atom stereocenters. The molecule has 178 valence electrons. The topological polar surface area (TPSA) is 73.0 Å². The second-order valence-corrected chi connectivity index (χ2v) is 10.1. The molecule has 2 saturated carbocycles. The van der Waals surface area contributed by atoms with Gasteiger partial charge in [0.1, 0.15) is 0 Å². The quantitative estimate of drug-likeness (QED) is 0.742. The molecule has 1 aromatic rings. The molecule has 2 aliphatic carbocycles. The standard InChI is InChI=1S/C26H36N4O3/c31-24(19-6-2-3-7-19)27-21-10-11-23(22(18-21)26(33)29-12-4-1-5-13-29)28-14-16-30(17-15-28)25(32)20-8-9-20/h10-11,18-20H,1-9,12-17H2,(H,27,31). The van der Waals surface area contributed by atoms with Crippen molar-refractivity contribution >= 4 is 29.1 Å². The molecule has 2 saturated heterocycles. The molecule has 3 amide bonds. The van der Waals surface area contributed by atoms with Gasteiger partial charge in [-0.1, -0.05) is 12.8 Å². The number of carbonyl (C=O) groups excluding carboxylic acids is 3. The van der Waals surface area contributed by atoms with Gasteiger partial charge in [0.15, 0.2) is 0 Å². The van der Waals surface area contributed by atoms with Gasteiger partial charge in [-0.15, -0.1) is 0 Å². The van der Waals surface area contributed by atoms with Gasteiger partial charge in [0.05, 0.1) is 5.56 Å². The lowest BCUT2D eigenvalue weighted by Gasteiger charge is -2.37. The summed E-state index contributed by atoms with van der Waals surface area (Å²) in [6, 6.07) is 5.79. The third-order valence-corrected chi connectivity index (χ3v) is 7.72. The van der Waals surface area contributed by atoms with Crippen LogP contribution in [0.2, 0.25) is 0 Å². The van der Waals surface area contributed by atoms with Gasteiger partial charge in [0.2, 0.25) is 11.8 Å². The highest BCUT2D eigenvalue weighted by Gasteiger charge is 2.35. The van der Waals surface area contributed by atoms with Gasteiger partial charge in [0.25, 0.3) is 5.91 Å². The van der Waals surface area contributed by atoms with Gasteiger partial charge in [0, 0.05) is 62.5 Å². The van der Waals surface area contributed by atoms with Crippen molar-refractivity contribution in [2.45, 2.75) is 57.8 Å². The second-order valence-electron chi connectivity index (χ2n) is 10.1. The fourth-order valence-electron chi connectivity index (χ4n) is 5.52. The van der Waals surface area contributed by atoms with Gasteiger partial charge in [-0.25, -0.2) is 0 Å². The maximum absolute atomic E-state index is 13.5. The fraction of sp³-hybridized carbons (Fsp3) is 0.654. The minimum atomic E-state index is 0.0538. The van der Waals surface area contributed by atoms with Crippen LogP contribution in [-0.2, 0) is 9.59 Å². The van der Waals surface area contributed by atoms with Crippen LogP contribution in [0, 0.1) is 11.8 Å². The van der Waals surface area contributed by atoms with Crippen molar-refractivity contribution < 1.29 is 14.4 Å². The van der Waals surface area contributed by atoms with Crippen LogP contribution in [0.3, 0.4) is 0 Å². The number of nitrogens with one attached hydrogen (secondary N) is 1. The van der Waals surface area contributed by atoms with Crippen molar-refractivity contribution in [3.8, 4) is 0 Å². The molecule has 0 radical (unpaired) electrons. The van der Waals surface area contributed by atoms with Crippen LogP contribution in [0.15, 0.2) is 18.2 Å². The number of benzene rings is 1. The third-order valence-electron chi connectivity index (χ3n) is 7.72. The molecule has 1 aromatic carbocycles. The highest BCUT2D eigenvalue weighted by atomic mass is 16.2. The molecule has 2 heterocycles. The lowest BCUT2D eigenvalue weighted by molar-refractivity contribution is -0.132. The van der Waals surface area contributed by atoms with Crippen molar-refractivity contribution in [2.24, 2.45) is 11.8 Å². The number of hydrogen-bond donors (Lipinski definition) is 1. The third kappa shape index (κ3) is 5.02. The Morgan fingerprint density at radius 3 is 2.09 bits per heavy atom. The average Bonchev–Trinajstić information content (AvgIpc) is 3.56. The summed E-state index contributed by atoms with van der Waals surface area (Å²) in [5, 5.41) is 3.07. The number of anilines is 2. The fourth-order valence-corrected chi connectivity index (χ4v) is 5.52. The smallest absolute Gasteiger partial charge is 0.256 e. The monoisotopic (exact) mass is 452 g/mol. The van der Waals surface area contributed by atoms with E-state index in [2.05, 4.69) is 10.2 Å². The van der Waals surface area contributed by atoms with Crippen LogP contribution in [-0.4, -0.2) is 66.8 Å². The van der Waals surface area contributed by atoms with E-state index in [0.717, 1.165) is 83.2 Å². The van der Waals surface area contributed by atoms with E-state index < -0.39 is 0 Å². The molecule has 0 unspecified atom stereocenters. The molecule has 2 aliphatic heterocycles. The lowest BCUT2D eigenvalue weighted by Crippen LogP contribution is -2.49. The maximum Gasteiger partial charge on any atom is 0.256 e. The number of carbonyl (C=O) groups is 3. The maximum atomic E-state index is 13.5. The first kappa shape index (κ1) is 22.2. The van der Waals surface area contributed by atoms with Gasteiger partial charge in [-0.3, -0.25) is 14.4 Å². The Labute approximate surface area is 196 Å². The van der Waals surface area contributed by atoms with E-state index in [1.807, 2.05) is 28.0 Å². The first-order chi connectivity index (χ1) is 16.1. The van der Waals surface area contributed by atoms with Crippen LogP contribution in [0.4, 0.5) is 11.4 Å². The Balaban J connectivity index is 1.34. The molecule has 1 N–H and O–H groups in total. The second kappa shape index (κ2) is 9.74. The molecule has 7 nitrogen and oxygen atoms in total. The van der Waals surface area contributed by atoms with Gasteiger partial charge < -0.3 is 20.0 Å². The zero-order valence-corrected chi connectivity index (χ0v) is 19.6. The summed E-state index contributed by atoms with van der Waals surface area (Å²) in [5.74, 6) is 0.754. The van der Waals surface area contributed by atoms with Crippen molar-refractivity contribution in [1.29, 1.82) is 0 Å². The van der Waals surface area contributed by atoms with Gasteiger partial charge in [-0.05, 0) is 63.1 Å². The van der Waals surface area contributed by atoms with Gasteiger partial charge in [-0.2, -0.15) is 0 Å². The Morgan fingerprint density at radius 2 is 1.42 bits per heavy atom. The zero-order chi connectivity index (χ0) is 22.8. The minimum Gasteiger partial charge on any atom is -0.367 e. The summed E-state index contributed by atoms with van der Waals surface area (Å²) in [7, 11) is 0.